The predicted octanol–water partition coefficient (Wildman–Crippen LogP) is 4.91. The van der Waals surface area contributed by atoms with Gasteiger partial charge in [-0.2, -0.15) is 0 Å². The van der Waals surface area contributed by atoms with E-state index in [1.165, 1.54) is 10.9 Å². The molecule has 5 rings (SSSR count). The number of H-pyrrole nitrogens is 1. The van der Waals surface area contributed by atoms with Crippen molar-refractivity contribution in [3.8, 4) is 0 Å². The van der Waals surface area contributed by atoms with Crippen molar-refractivity contribution in [2.24, 2.45) is 0 Å². The molecule has 0 aliphatic carbocycles. The molecule has 0 radical (unpaired) electrons. The monoisotopic (exact) mass is 363 g/mol. The molecule has 2 aromatic heterocycles. The summed E-state index contributed by atoms with van der Waals surface area (Å²) in [5, 5.41) is 4.30. The highest BCUT2D eigenvalue weighted by molar-refractivity contribution is 7.09. The second-order valence-electron chi connectivity index (χ2n) is 6.63. The third kappa shape index (κ3) is 2.55. The van der Waals surface area contributed by atoms with E-state index in [9.17, 15) is 4.39 Å². The Bertz CT molecular complexity index is 1050. The molecule has 4 aromatic rings. The fourth-order valence-corrected chi connectivity index (χ4v) is 4.66. The van der Waals surface area contributed by atoms with Crippen LogP contribution < -0.4 is 0 Å². The number of fused-ring (bicyclic) bond motifs is 3. The summed E-state index contributed by atoms with van der Waals surface area (Å²) in [4.78, 5) is 10.3. The van der Waals surface area contributed by atoms with Crippen molar-refractivity contribution in [2.45, 2.75) is 19.0 Å². The van der Waals surface area contributed by atoms with Crippen molar-refractivity contribution in [3.63, 3.8) is 0 Å². The lowest BCUT2D eigenvalue weighted by molar-refractivity contribution is 0.198. The molecule has 0 saturated heterocycles. The zero-order valence-electron chi connectivity index (χ0n) is 14.2. The molecule has 0 spiro atoms. The normalized spacial score (nSPS) is 17.5. The first-order chi connectivity index (χ1) is 12.8. The summed E-state index contributed by atoms with van der Waals surface area (Å²) in [6, 6.07) is 15.3. The van der Waals surface area contributed by atoms with Gasteiger partial charge in [-0.1, -0.05) is 36.4 Å². The van der Waals surface area contributed by atoms with Gasteiger partial charge in [0.25, 0.3) is 0 Å². The molecule has 0 unspecified atom stereocenters. The van der Waals surface area contributed by atoms with Crippen molar-refractivity contribution in [3.05, 3.63) is 87.8 Å². The summed E-state index contributed by atoms with van der Waals surface area (Å²) < 4.78 is 14.7. The smallest absolute Gasteiger partial charge is 0.128 e. The molecule has 0 fully saturated rings. The number of thiazole rings is 1. The number of aromatic nitrogens is 2. The van der Waals surface area contributed by atoms with Crippen LogP contribution in [-0.2, 0) is 13.0 Å². The summed E-state index contributed by atoms with van der Waals surface area (Å²) in [6.45, 7) is 1.61. The molecule has 0 bridgehead atoms. The topological polar surface area (TPSA) is 31.9 Å². The Balaban J connectivity index is 1.67. The van der Waals surface area contributed by atoms with Crippen molar-refractivity contribution in [1.29, 1.82) is 0 Å². The van der Waals surface area contributed by atoms with Gasteiger partial charge in [-0.05, 0) is 24.1 Å². The van der Waals surface area contributed by atoms with E-state index in [2.05, 4.69) is 33.1 Å². The van der Waals surface area contributed by atoms with Crippen LogP contribution in [-0.4, -0.2) is 21.4 Å². The second-order valence-corrected chi connectivity index (χ2v) is 7.61. The Morgan fingerprint density at radius 1 is 1.15 bits per heavy atom. The lowest BCUT2D eigenvalue weighted by Gasteiger charge is -2.35. The SMILES string of the molecule is Fc1ccccc1[C@@H]1c2[nH]c3ccccc3c2CCN1Cc1nccs1. The van der Waals surface area contributed by atoms with Crippen LogP contribution in [0.3, 0.4) is 0 Å². The minimum absolute atomic E-state index is 0.128. The van der Waals surface area contributed by atoms with Gasteiger partial charge >= 0.3 is 0 Å². The van der Waals surface area contributed by atoms with Gasteiger partial charge in [0.1, 0.15) is 10.8 Å². The number of aromatic amines is 1. The zero-order valence-corrected chi connectivity index (χ0v) is 15.0. The van der Waals surface area contributed by atoms with E-state index in [1.54, 1.807) is 23.5 Å². The van der Waals surface area contributed by atoms with Gasteiger partial charge in [-0.25, -0.2) is 9.37 Å². The number of hydrogen-bond donors (Lipinski definition) is 1. The van der Waals surface area contributed by atoms with Crippen LogP contribution in [0.1, 0.15) is 27.9 Å². The number of nitrogens with zero attached hydrogens (tertiary/aromatic N) is 2. The summed E-state index contributed by atoms with van der Waals surface area (Å²) >= 11 is 1.65. The minimum Gasteiger partial charge on any atom is -0.357 e. The number of halogens is 1. The molecular weight excluding hydrogens is 345 g/mol. The molecule has 2 aromatic carbocycles. The third-order valence-electron chi connectivity index (χ3n) is 5.16. The number of hydrogen-bond acceptors (Lipinski definition) is 3. The zero-order chi connectivity index (χ0) is 17.5. The molecule has 5 heteroatoms. The molecule has 0 amide bonds. The number of benzene rings is 2. The maximum atomic E-state index is 14.7. The van der Waals surface area contributed by atoms with E-state index in [1.807, 2.05) is 29.8 Å². The van der Waals surface area contributed by atoms with E-state index >= 15 is 0 Å². The van der Waals surface area contributed by atoms with Crippen LogP contribution in [0.2, 0.25) is 0 Å². The summed E-state index contributed by atoms with van der Waals surface area (Å²) in [7, 11) is 0. The first kappa shape index (κ1) is 15.7. The Hall–Kier alpha value is -2.50. The summed E-state index contributed by atoms with van der Waals surface area (Å²) in [5.41, 5.74) is 4.26. The molecule has 26 heavy (non-hydrogen) atoms. The quantitative estimate of drug-likeness (QED) is 0.561. The standard InChI is InChI=1S/C21H18FN3S/c22-17-7-3-1-6-16(17)21-20-15(14-5-2-4-8-18(14)24-20)9-11-25(21)13-19-23-10-12-26-19/h1-8,10,12,21,24H,9,11,13H2/t21-/m1/s1. The first-order valence-corrected chi connectivity index (χ1v) is 9.65. The summed E-state index contributed by atoms with van der Waals surface area (Å²) in [5.74, 6) is -0.159. The van der Waals surface area contributed by atoms with Crippen molar-refractivity contribution >= 4 is 22.2 Å². The summed E-state index contributed by atoms with van der Waals surface area (Å²) in [6.07, 6.45) is 2.78. The van der Waals surface area contributed by atoms with Crippen LogP contribution in [0.25, 0.3) is 10.9 Å². The Labute approximate surface area is 155 Å². The van der Waals surface area contributed by atoms with Gasteiger partial charge in [-0.3, -0.25) is 4.90 Å². The number of para-hydroxylation sites is 1. The van der Waals surface area contributed by atoms with E-state index in [0.29, 0.717) is 0 Å². The molecule has 3 nitrogen and oxygen atoms in total. The Morgan fingerprint density at radius 2 is 2.00 bits per heavy atom. The van der Waals surface area contributed by atoms with Crippen molar-refractivity contribution in [1.82, 2.24) is 14.9 Å². The average Bonchev–Trinajstić information content (AvgIpc) is 3.30. The van der Waals surface area contributed by atoms with Gasteiger partial charge in [0.05, 0.1) is 12.6 Å². The second kappa shape index (κ2) is 6.34. The molecule has 1 aliphatic heterocycles. The molecule has 1 N–H and O–H groups in total. The fourth-order valence-electron chi connectivity index (χ4n) is 4.01. The van der Waals surface area contributed by atoms with Crippen LogP contribution in [0.15, 0.2) is 60.1 Å². The number of nitrogens with one attached hydrogen (secondary N) is 1. The van der Waals surface area contributed by atoms with Gasteiger partial charge in [0, 0.05) is 40.3 Å². The third-order valence-corrected chi connectivity index (χ3v) is 5.92. The van der Waals surface area contributed by atoms with Crippen molar-refractivity contribution in [2.75, 3.05) is 6.54 Å². The van der Waals surface area contributed by atoms with Gasteiger partial charge in [-0.15, -0.1) is 11.3 Å². The van der Waals surface area contributed by atoms with Gasteiger partial charge in [0.15, 0.2) is 0 Å². The highest BCUT2D eigenvalue weighted by Crippen LogP contribution is 2.39. The maximum Gasteiger partial charge on any atom is 0.128 e. The largest absolute Gasteiger partial charge is 0.357 e. The molecule has 1 aliphatic rings. The lowest BCUT2D eigenvalue weighted by atomic mass is 9.92. The predicted molar refractivity (Wildman–Crippen MR) is 103 cm³/mol. The molecule has 0 saturated carbocycles. The molecule has 1 atom stereocenters. The van der Waals surface area contributed by atoms with E-state index in [0.717, 1.165) is 41.3 Å². The molecule has 130 valence electrons. The maximum absolute atomic E-state index is 14.7. The number of rotatable bonds is 3. The van der Waals surface area contributed by atoms with Crippen LogP contribution in [0.4, 0.5) is 4.39 Å². The fraction of sp³-hybridized carbons (Fsp3) is 0.190. The Kier molecular flexibility index (Phi) is 3.84. The first-order valence-electron chi connectivity index (χ1n) is 8.77. The van der Waals surface area contributed by atoms with E-state index < -0.39 is 0 Å². The highest BCUT2D eigenvalue weighted by atomic mass is 32.1. The highest BCUT2D eigenvalue weighted by Gasteiger charge is 2.33. The van der Waals surface area contributed by atoms with E-state index in [4.69, 9.17) is 0 Å². The minimum atomic E-state index is -0.159. The molecule has 3 heterocycles. The van der Waals surface area contributed by atoms with Crippen LogP contribution >= 0.6 is 11.3 Å². The van der Waals surface area contributed by atoms with Crippen LogP contribution in [0, 0.1) is 5.82 Å². The Morgan fingerprint density at radius 3 is 2.85 bits per heavy atom. The van der Waals surface area contributed by atoms with Crippen molar-refractivity contribution < 1.29 is 4.39 Å². The molecular formula is C21H18FN3S. The van der Waals surface area contributed by atoms with E-state index in [-0.39, 0.29) is 11.9 Å². The van der Waals surface area contributed by atoms with Crippen LogP contribution in [0.5, 0.6) is 0 Å². The average molecular weight is 363 g/mol. The lowest BCUT2D eigenvalue weighted by Crippen LogP contribution is -2.36. The van der Waals surface area contributed by atoms with Gasteiger partial charge in [0.2, 0.25) is 0 Å². The van der Waals surface area contributed by atoms with Gasteiger partial charge < -0.3 is 4.98 Å².